The van der Waals surface area contributed by atoms with Crippen LogP contribution in [0.2, 0.25) is 0 Å². The molecule has 0 saturated heterocycles. The van der Waals surface area contributed by atoms with Gasteiger partial charge in [-0.3, -0.25) is 0 Å². The molecule has 16 heavy (non-hydrogen) atoms. The van der Waals surface area contributed by atoms with Crippen molar-refractivity contribution in [3.63, 3.8) is 0 Å². The highest BCUT2D eigenvalue weighted by molar-refractivity contribution is 5.93. The van der Waals surface area contributed by atoms with Crippen molar-refractivity contribution in [3.05, 3.63) is 11.3 Å². The average molecular weight is 222 g/mol. The molecule has 0 radical (unpaired) electrons. The van der Waals surface area contributed by atoms with Gasteiger partial charge in [0.05, 0.1) is 12.8 Å². The zero-order chi connectivity index (χ0) is 12.3. The third-order valence-electron chi connectivity index (χ3n) is 2.09. The molecule has 1 unspecified atom stereocenters. The number of ether oxygens (including phenoxy) is 2. The van der Waals surface area contributed by atoms with Gasteiger partial charge in [0.15, 0.2) is 6.10 Å². The van der Waals surface area contributed by atoms with Crippen molar-refractivity contribution in [1.82, 2.24) is 9.78 Å². The van der Waals surface area contributed by atoms with Crippen molar-refractivity contribution in [2.45, 2.75) is 20.0 Å². The Balaban J connectivity index is 3.04. The molecule has 0 N–H and O–H groups in total. The highest BCUT2D eigenvalue weighted by Gasteiger charge is 2.23. The molecular weight excluding hydrogens is 208 g/mol. The van der Waals surface area contributed by atoms with Gasteiger partial charge in [0.2, 0.25) is 5.88 Å². The van der Waals surface area contributed by atoms with Gasteiger partial charge in [-0.25, -0.2) is 9.48 Å². The zero-order valence-electron chi connectivity index (χ0n) is 9.77. The molecular formula is C11H14N2O3. The van der Waals surface area contributed by atoms with E-state index in [1.165, 1.54) is 11.8 Å². The molecule has 0 saturated carbocycles. The van der Waals surface area contributed by atoms with Crippen LogP contribution in [0.4, 0.5) is 0 Å². The molecule has 0 fully saturated rings. The van der Waals surface area contributed by atoms with Crippen LogP contribution in [0.5, 0.6) is 5.88 Å². The highest BCUT2D eigenvalue weighted by atomic mass is 16.5. The Kier molecular flexibility index (Phi) is 3.56. The number of carbonyl (C=O) groups is 1. The fourth-order valence-corrected chi connectivity index (χ4v) is 1.36. The van der Waals surface area contributed by atoms with Crippen LogP contribution in [0.15, 0.2) is 0 Å². The minimum absolute atomic E-state index is 0.312. The molecule has 0 aromatic carbocycles. The third-order valence-corrected chi connectivity index (χ3v) is 2.09. The molecule has 0 amide bonds. The monoisotopic (exact) mass is 222 g/mol. The average Bonchev–Trinajstić information content (AvgIpc) is 2.52. The van der Waals surface area contributed by atoms with E-state index in [-0.39, 0.29) is 0 Å². The number of hydrogen-bond acceptors (Lipinski definition) is 4. The van der Waals surface area contributed by atoms with Gasteiger partial charge in [-0.2, -0.15) is 5.10 Å². The second-order valence-electron chi connectivity index (χ2n) is 3.31. The van der Waals surface area contributed by atoms with Crippen LogP contribution in [0.3, 0.4) is 0 Å². The summed E-state index contributed by atoms with van der Waals surface area (Å²) >= 11 is 0. The van der Waals surface area contributed by atoms with Crippen molar-refractivity contribution in [2.75, 3.05) is 7.11 Å². The molecule has 0 aliphatic rings. The number of methoxy groups -OCH3 is 1. The molecule has 0 bridgehead atoms. The summed E-state index contributed by atoms with van der Waals surface area (Å²) in [6, 6.07) is 0. The number of aryl methyl sites for hydroxylation is 2. The Morgan fingerprint density at radius 3 is 2.75 bits per heavy atom. The van der Waals surface area contributed by atoms with Gasteiger partial charge in [0.1, 0.15) is 5.56 Å². The number of rotatable bonds is 3. The van der Waals surface area contributed by atoms with E-state index in [2.05, 4.69) is 11.0 Å². The van der Waals surface area contributed by atoms with Gasteiger partial charge in [0.25, 0.3) is 0 Å². The highest BCUT2D eigenvalue weighted by Crippen LogP contribution is 2.22. The SMILES string of the molecule is C#CC(C)OC(=O)c1c(C)nn(C)c1OC. The van der Waals surface area contributed by atoms with E-state index < -0.39 is 12.1 Å². The molecule has 1 heterocycles. The van der Waals surface area contributed by atoms with E-state index in [9.17, 15) is 4.79 Å². The lowest BCUT2D eigenvalue weighted by Gasteiger charge is -2.08. The lowest BCUT2D eigenvalue weighted by molar-refractivity contribution is 0.0434. The quantitative estimate of drug-likeness (QED) is 0.563. The van der Waals surface area contributed by atoms with E-state index in [0.717, 1.165) is 0 Å². The van der Waals surface area contributed by atoms with Gasteiger partial charge >= 0.3 is 5.97 Å². The Hall–Kier alpha value is -1.96. The summed E-state index contributed by atoms with van der Waals surface area (Å²) in [5.74, 6) is 2.17. The van der Waals surface area contributed by atoms with Gasteiger partial charge in [0, 0.05) is 7.05 Å². The topological polar surface area (TPSA) is 53.3 Å². The Morgan fingerprint density at radius 2 is 2.25 bits per heavy atom. The van der Waals surface area contributed by atoms with Crippen LogP contribution in [-0.2, 0) is 11.8 Å². The number of nitrogens with zero attached hydrogens (tertiary/aromatic N) is 2. The summed E-state index contributed by atoms with van der Waals surface area (Å²) in [6.07, 6.45) is 4.56. The van der Waals surface area contributed by atoms with Gasteiger partial charge < -0.3 is 9.47 Å². The molecule has 1 aromatic heterocycles. The predicted molar refractivity (Wildman–Crippen MR) is 58.2 cm³/mol. The van der Waals surface area contributed by atoms with Crippen molar-refractivity contribution in [1.29, 1.82) is 0 Å². The fourth-order valence-electron chi connectivity index (χ4n) is 1.36. The molecule has 1 aromatic rings. The van der Waals surface area contributed by atoms with E-state index in [0.29, 0.717) is 17.1 Å². The Morgan fingerprint density at radius 1 is 1.62 bits per heavy atom. The van der Waals surface area contributed by atoms with Crippen LogP contribution >= 0.6 is 0 Å². The fraction of sp³-hybridized carbons (Fsp3) is 0.455. The molecule has 86 valence electrons. The van der Waals surface area contributed by atoms with Gasteiger partial charge in [-0.1, -0.05) is 5.92 Å². The van der Waals surface area contributed by atoms with Crippen molar-refractivity contribution in [2.24, 2.45) is 7.05 Å². The maximum atomic E-state index is 11.8. The molecule has 5 heteroatoms. The zero-order valence-corrected chi connectivity index (χ0v) is 9.77. The first kappa shape index (κ1) is 12.1. The summed E-state index contributed by atoms with van der Waals surface area (Å²) in [6.45, 7) is 3.33. The minimum atomic E-state index is -0.572. The van der Waals surface area contributed by atoms with E-state index >= 15 is 0 Å². The summed E-state index contributed by atoms with van der Waals surface area (Å²) in [7, 11) is 3.16. The first-order valence-electron chi connectivity index (χ1n) is 4.76. The summed E-state index contributed by atoms with van der Waals surface area (Å²) in [4.78, 5) is 11.8. The molecule has 0 aliphatic heterocycles. The minimum Gasteiger partial charge on any atom is -0.481 e. The molecule has 1 atom stereocenters. The normalized spacial score (nSPS) is 11.7. The Bertz CT molecular complexity index is 443. The maximum Gasteiger partial charge on any atom is 0.346 e. The number of carbonyl (C=O) groups excluding carboxylic acids is 1. The molecule has 5 nitrogen and oxygen atoms in total. The van der Waals surface area contributed by atoms with Crippen LogP contribution < -0.4 is 4.74 Å². The van der Waals surface area contributed by atoms with Crippen molar-refractivity contribution >= 4 is 5.97 Å². The van der Waals surface area contributed by atoms with E-state index in [1.807, 2.05) is 0 Å². The van der Waals surface area contributed by atoms with Crippen LogP contribution in [0.1, 0.15) is 23.0 Å². The summed E-state index contributed by atoms with van der Waals surface area (Å²) in [5.41, 5.74) is 0.862. The van der Waals surface area contributed by atoms with Crippen molar-refractivity contribution < 1.29 is 14.3 Å². The van der Waals surface area contributed by atoms with Crippen LogP contribution in [0, 0.1) is 19.3 Å². The lowest BCUT2D eigenvalue weighted by Crippen LogP contribution is -2.14. The molecule has 0 spiro atoms. The lowest BCUT2D eigenvalue weighted by atomic mass is 10.2. The number of terminal acetylenes is 1. The predicted octanol–water partition coefficient (Wildman–Crippen LogP) is 0.916. The van der Waals surface area contributed by atoms with Crippen LogP contribution in [0.25, 0.3) is 0 Å². The van der Waals surface area contributed by atoms with Gasteiger partial charge in [-0.15, -0.1) is 6.42 Å². The maximum absolute atomic E-state index is 11.8. The Labute approximate surface area is 94.3 Å². The first-order chi connectivity index (χ1) is 7.51. The summed E-state index contributed by atoms with van der Waals surface area (Å²) in [5, 5.41) is 4.08. The molecule has 1 rings (SSSR count). The van der Waals surface area contributed by atoms with E-state index in [4.69, 9.17) is 15.9 Å². The summed E-state index contributed by atoms with van der Waals surface area (Å²) < 4.78 is 11.6. The number of esters is 1. The second kappa shape index (κ2) is 4.71. The smallest absolute Gasteiger partial charge is 0.346 e. The number of aromatic nitrogens is 2. The number of hydrogen-bond donors (Lipinski definition) is 0. The van der Waals surface area contributed by atoms with Crippen molar-refractivity contribution in [3.8, 4) is 18.2 Å². The molecule has 0 aliphatic carbocycles. The van der Waals surface area contributed by atoms with E-state index in [1.54, 1.807) is 20.9 Å². The third kappa shape index (κ3) is 2.16. The standard InChI is InChI=1S/C11H14N2O3/c1-6-7(2)16-11(14)9-8(3)12-13(4)10(9)15-5/h1,7H,2-5H3. The van der Waals surface area contributed by atoms with Gasteiger partial charge in [-0.05, 0) is 13.8 Å². The van der Waals surface area contributed by atoms with Crippen LogP contribution in [-0.4, -0.2) is 29.0 Å². The second-order valence-corrected chi connectivity index (χ2v) is 3.31. The first-order valence-corrected chi connectivity index (χ1v) is 4.76. The largest absolute Gasteiger partial charge is 0.481 e.